The SMILES string of the molecule is O=S1(=O)CCN(S(=O)(=O)c2ccc3ccccc3c2)CCC1c1ccccc1Cl. The van der Waals surface area contributed by atoms with E-state index in [1.807, 2.05) is 24.3 Å². The fourth-order valence-electron chi connectivity index (χ4n) is 3.73. The number of rotatable bonds is 3. The van der Waals surface area contributed by atoms with Gasteiger partial charge in [-0.3, -0.25) is 0 Å². The van der Waals surface area contributed by atoms with Crippen LogP contribution < -0.4 is 0 Å². The van der Waals surface area contributed by atoms with E-state index in [-0.39, 0.29) is 30.2 Å². The van der Waals surface area contributed by atoms with E-state index < -0.39 is 25.1 Å². The first kappa shape index (κ1) is 20.3. The molecule has 1 unspecified atom stereocenters. The predicted octanol–water partition coefficient (Wildman–Crippen LogP) is 4.04. The van der Waals surface area contributed by atoms with E-state index in [2.05, 4.69) is 0 Å². The van der Waals surface area contributed by atoms with E-state index in [0.29, 0.717) is 10.6 Å². The molecule has 5 nitrogen and oxygen atoms in total. The molecule has 29 heavy (non-hydrogen) atoms. The van der Waals surface area contributed by atoms with E-state index in [9.17, 15) is 16.8 Å². The number of sulfonamides is 1. The molecule has 8 heteroatoms. The van der Waals surface area contributed by atoms with Gasteiger partial charge in [-0.1, -0.05) is 60.1 Å². The number of sulfone groups is 1. The molecule has 0 N–H and O–H groups in total. The lowest BCUT2D eigenvalue weighted by Crippen LogP contribution is -2.33. The molecule has 0 bridgehead atoms. The van der Waals surface area contributed by atoms with Crippen molar-refractivity contribution in [3.05, 3.63) is 77.3 Å². The van der Waals surface area contributed by atoms with Gasteiger partial charge in [-0.25, -0.2) is 16.8 Å². The minimum Gasteiger partial charge on any atom is -0.228 e. The molecule has 152 valence electrons. The van der Waals surface area contributed by atoms with Crippen molar-refractivity contribution in [2.75, 3.05) is 18.8 Å². The van der Waals surface area contributed by atoms with Crippen LogP contribution >= 0.6 is 11.6 Å². The zero-order chi connectivity index (χ0) is 20.6. The second kappa shape index (κ2) is 7.72. The van der Waals surface area contributed by atoms with Crippen molar-refractivity contribution in [1.82, 2.24) is 4.31 Å². The van der Waals surface area contributed by atoms with E-state index in [0.717, 1.165) is 10.8 Å². The number of nitrogens with zero attached hydrogens (tertiary/aromatic N) is 1. The summed E-state index contributed by atoms with van der Waals surface area (Å²) < 4.78 is 53.4. The van der Waals surface area contributed by atoms with Crippen LogP contribution in [0, 0.1) is 0 Å². The summed E-state index contributed by atoms with van der Waals surface area (Å²) in [5.41, 5.74) is 0.527. The quantitative estimate of drug-likeness (QED) is 0.604. The number of hydrogen-bond donors (Lipinski definition) is 0. The Labute approximate surface area is 175 Å². The lowest BCUT2D eigenvalue weighted by molar-refractivity contribution is 0.428. The first-order valence-electron chi connectivity index (χ1n) is 9.24. The van der Waals surface area contributed by atoms with Gasteiger partial charge in [0.2, 0.25) is 10.0 Å². The molecule has 1 heterocycles. The van der Waals surface area contributed by atoms with Crippen LogP contribution in [0.4, 0.5) is 0 Å². The summed E-state index contributed by atoms with van der Waals surface area (Å²) in [5, 5.41) is 1.34. The first-order valence-corrected chi connectivity index (χ1v) is 12.8. The second-order valence-corrected chi connectivity index (χ2v) is 11.7. The Hall–Kier alpha value is -1.93. The normalized spacial score (nSPS) is 20.4. The van der Waals surface area contributed by atoms with Crippen LogP contribution in [0.2, 0.25) is 5.02 Å². The molecule has 1 saturated heterocycles. The molecule has 1 atom stereocenters. The lowest BCUT2D eigenvalue weighted by atomic mass is 10.1. The van der Waals surface area contributed by atoms with Gasteiger partial charge in [0.05, 0.1) is 15.9 Å². The summed E-state index contributed by atoms with van der Waals surface area (Å²) >= 11 is 6.22. The molecule has 0 aliphatic carbocycles. The highest BCUT2D eigenvalue weighted by Gasteiger charge is 2.36. The molecule has 3 aromatic rings. The van der Waals surface area contributed by atoms with Crippen molar-refractivity contribution in [3.8, 4) is 0 Å². The highest BCUT2D eigenvalue weighted by Crippen LogP contribution is 2.35. The Bertz CT molecular complexity index is 1270. The van der Waals surface area contributed by atoms with Crippen molar-refractivity contribution in [2.45, 2.75) is 16.6 Å². The molecule has 0 radical (unpaired) electrons. The summed E-state index contributed by atoms with van der Waals surface area (Å²) in [6.45, 7) is 0.0444. The maximum atomic E-state index is 13.2. The molecule has 0 aromatic heterocycles. The molecule has 1 aliphatic heterocycles. The van der Waals surface area contributed by atoms with Gasteiger partial charge in [0.15, 0.2) is 9.84 Å². The Kier molecular flexibility index (Phi) is 5.42. The van der Waals surface area contributed by atoms with E-state index in [4.69, 9.17) is 11.6 Å². The van der Waals surface area contributed by atoms with Gasteiger partial charge >= 0.3 is 0 Å². The predicted molar refractivity (Wildman–Crippen MR) is 115 cm³/mol. The summed E-state index contributed by atoms with van der Waals surface area (Å²) in [6.07, 6.45) is 0.166. The maximum absolute atomic E-state index is 13.2. The third-order valence-corrected chi connectivity index (χ3v) is 9.66. The average molecular weight is 450 g/mol. The third-order valence-electron chi connectivity index (χ3n) is 5.31. The van der Waals surface area contributed by atoms with Crippen LogP contribution in [0.25, 0.3) is 10.8 Å². The van der Waals surface area contributed by atoms with Gasteiger partial charge in [0, 0.05) is 18.1 Å². The number of halogens is 1. The lowest BCUT2D eigenvalue weighted by Gasteiger charge is -2.20. The monoisotopic (exact) mass is 449 g/mol. The van der Waals surface area contributed by atoms with Crippen molar-refractivity contribution in [1.29, 1.82) is 0 Å². The zero-order valence-electron chi connectivity index (χ0n) is 15.5. The van der Waals surface area contributed by atoms with Gasteiger partial charge in [-0.2, -0.15) is 4.31 Å². The van der Waals surface area contributed by atoms with Crippen LogP contribution in [-0.2, 0) is 19.9 Å². The molecule has 0 saturated carbocycles. The van der Waals surface area contributed by atoms with Crippen LogP contribution in [0.15, 0.2) is 71.6 Å². The number of fused-ring (bicyclic) bond motifs is 1. The second-order valence-electron chi connectivity index (χ2n) is 7.08. The standard InChI is InChI=1S/C21H20ClNO4S2/c22-20-8-4-3-7-19(20)21-11-12-23(13-14-28(21,24)25)29(26,27)18-10-9-16-5-1-2-6-17(16)15-18/h1-10,15,21H,11-14H2. The van der Waals surface area contributed by atoms with Crippen LogP contribution in [0.3, 0.4) is 0 Å². The Morgan fingerprint density at radius 2 is 1.59 bits per heavy atom. The highest BCUT2D eigenvalue weighted by molar-refractivity contribution is 7.92. The smallest absolute Gasteiger partial charge is 0.228 e. The highest BCUT2D eigenvalue weighted by atomic mass is 35.5. The molecule has 4 rings (SSSR count). The van der Waals surface area contributed by atoms with Crippen LogP contribution in [-0.4, -0.2) is 40.0 Å². The maximum Gasteiger partial charge on any atom is 0.243 e. The summed E-state index contributed by atoms with van der Waals surface area (Å²) in [4.78, 5) is 0.171. The average Bonchev–Trinajstić information content (AvgIpc) is 2.86. The van der Waals surface area contributed by atoms with Gasteiger partial charge < -0.3 is 0 Å². The fourth-order valence-corrected chi connectivity index (χ4v) is 7.48. The Morgan fingerprint density at radius 3 is 2.34 bits per heavy atom. The molecule has 3 aromatic carbocycles. The molecule has 0 amide bonds. The van der Waals surface area contributed by atoms with Gasteiger partial charge in [-0.05, 0) is 41.0 Å². The van der Waals surface area contributed by atoms with E-state index in [1.165, 1.54) is 4.31 Å². The molecule has 1 aliphatic rings. The Balaban J connectivity index is 1.67. The Morgan fingerprint density at radius 1 is 0.897 bits per heavy atom. The summed E-state index contributed by atoms with van der Waals surface area (Å²) in [5.74, 6) is -0.240. The summed E-state index contributed by atoms with van der Waals surface area (Å²) in [6, 6.07) is 19.3. The number of benzene rings is 3. The zero-order valence-corrected chi connectivity index (χ0v) is 17.9. The van der Waals surface area contributed by atoms with Gasteiger partial charge in [-0.15, -0.1) is 0 Å². The van der Waals surface area contributed by atoms with E-state index >= 15 is 0 Å². The molecular weight excluding hydrogens is 430 g/mol. The minimum atomic E-state index is -3.81. The first-order chi connectivity index (χ1) is 13.8. The van der Waals surface area contributed by atoms with Crippen molar-refractivity contribution in [2.24, 2.45) is 0 Å². The van der Waals surface area contributed by atoms with Gasteiger partial charge in [0.1, 0.15) is 0 Å². The van der Waals surface area contributed by atoms with Crippen molar-refractivity contribution >= 4 is 42.2 Å². The van der Waals surface area contributed by atoms with E-state index in [1.54, 1.807) is 42.5 Å². The topological polar surface area (TPSA) is 71.5 Å². The fraction of sp³-hybridized carbons (Fsp3) is 0.238. The number of hydrogen-bond acceptors (Lipinski definition) is 4. The van der Waals surface area contributed by atoms with Crippen molar-refractivity contribution < 1.29 is 16.8 Å². The van der Waals surface area contributed by atoms with Crippen LogP contribution in [0.5, 0.6) is 0 Å². The third kappa shape index (κ3) is 3.92. The minimum absolute atomic E-state index is 0.0710. The molecule has 0 spiro atoms. The summed E-state index contributed by atoms with van der Waals surface area (Å²) in [7, 11) is -7.34. The molecule has 1 fully saturated rings. The molecular formula is C21H20ClNO4S2. The van der Waals surface area contributed by atoms with Crippen molar-refractivity contribution in [3.63, 3.8) is 0 Å². The largest absolute Gasteiger partial charge is 0.243 e. The van der Waals surface area contributed by atoms with Gasteiger partial charge in [0.25, 0.3) is 0 Å². The van der Waals surface area contributed by atoms with Crippen LogP contribution in [0.1, 0.15) is 17.2 Å².